The molecule has 1 fully saturated rings. The standard InChI is InChI=1S/C23H24N4O4/c28-21(25-13-15-26(16-14-25)23(30)20-8-5-17-31-20)9-4-12-27-22(29)11-10-19(24-27)18-6-2-1-3-7-18/h1-3,5-8,10-11,17H,4,9,12-16H2. The molecule has 0 N–H and O–H groups in total. The molecule has 4 rings (SSSR count). The Kier molecular flexibility index (Phi) is 6.26. The first-order chi connectivity index (χ1) is 15.1. The van der Waals surface area contributed by atoms with Gasteiger partial charge >= 0.3 is 0 Å². The summed E-state index contributed by atoms with van der Waals surface area (Å²) >= 11 is 0. The van der Waals surface area contributed by atoms with Crippen LogP contribution in [-0.4, -0.2) is 57.6 Å². The predicted molar refractivity (Wildman–Crippen MR) is 114 cm³/mol. The van der Waals surface area contributed by atoms with E-state index in [2.05, 4.69) is 5.10 Å². The summed E-state index contributed by atoms with van der Waals surface area (Å²) in [5.41, 5.74) is 1.48. The lowest BCUT2D eigenvalue weighted by atomic mass is 10.1. The van der Waals surface area contributed by atoms with Crippen molar-refractivity contribution in [1.82, 2.24) is 19.6 Å². The molecule has 0 aliphatic carbocycles. The Labute approximate surface area is 179 Å². The number of nitrogens with zero attached hydrogens (tertiary/aromatic N) is 4. The topological polar surface area (TPSA) is 88.7 Å². The molecule has 0 saturated carbocycles. The van der Waals surface area contributed by atoms with E-state index in [9.17, 15) is 14.4 Å². The van der Waals surface area contributed by atoms with E-state index in [1.54, 1.807) is 28.0 Å². The highest BCUT2D eigenvalue weighted by Crippen LogP contribution is 2.14. The number of hydrogen-bond donors (Lipinski definition) is 0. The van der Waals surface area contributed by atoms with Crippen molar-refractivity contribution >= 4 is 11.8 Å². The Morgan fingerprint density at radius 2 is 1.65 bits per heavy atom. The maximum Gasteiger partial charge on any atom is 0.289 e. The van der Waals surface area contributed by atoms with E-state index >= 15 is 0 Å². The second-order valence-corrected chi connectivity index (χ2v) is 7.40. The van der Waals surface area contributed by atoms with Gasteiger partial charge in [-0.25, -0.2) is 4.68 Å². The minimum Gasteiger partial charge on any atom is -0.459 e. The molecule has 2 aromatic heterocycles. The fraction of sp³-hybridized carbons (Fsp3) is 0.304. The van der Waals surface area contributed by atoms with Gasteiger partial charge in [-0.2, -0.15) is 5.10 Å². The fourth-order valence-corrected chi connectivity index (χ4v) is 3.63. The quantitative estimate of drug-likeness (QED) is 0.610. The summed E-state index contributed by atoms with van der Waals surface area (Å²) in [6, 6.07) is 16.2. The molecular formula is C23H24N4O4. The maximum absolute atomic E-state index is 12.6. The van der Waals surface area contributed by atoms with E-state index in [1.165, 1.54) is 17.0 Å². The molecular weight excluding hydrogens is 396 g/mol. The van der Waals surface area contributed by atoms with E-state index in [1.807, 2.05) is 30.3 Å². The molecule has 1 aromatic carbocycles. The fourth-order valence-electron chi connectivity index (χ4n) is 3.63. The summed E-state index contributed by atoms with van der Waals surface area (Å²) in [7, 11) is 0. The van der Waals surface area contributed by atoms with Gasteiger partial charge in [-0.1, -0.05) is 30.3 Å². The molecule has 8 nitrogen and oxygen atoms in total. The Hall–Kier alpha value is -3.68. The van der Waals surface area contributed by atoms with Crippen LogP contribution in [0.3, 0.4) is 0 Å². The highest BCUT2D eigenvalue weighted by Gasteiger charge is 2.25. The molecule has 0 spiro atoms. The van der Waals surface area contributed by atoms with Crippen LogP contribution in [-0.2, 0) is 11.3 Å². The first-order valence-corrected chi connectivity index (χ1v) is 10.4. The average Bonchev–Trinajstić information content (AvgIpc) is 3.35. The summed E-state index contributed by atoms with van der Waals surface area (Å²) in [5.74, 6) is 0.189. The second kappa shape index (κ2) is 9.42. The summed E-state index contributed by atoms with van der Waals surface area (Å²) in [5, 5.41) is 4.43. The van der Waals surface area contributed by atoms with Crippen molar-refractivity contribution in [3.05, 3.63) is 77.0 Å². The summed E-state index contributed by atoms with van der Waals surface area (Å²) < 4.78 is 6.57. The van der Waals surface area contributed by atoms with Gasteiger partial charge < -0.3 is 14.2 Å². The monoisotopic (exact) mass is 420 g/mol. The van der Waals surface area contributed by atoms with Crippen LogP contribution in [0.25, 0.3) is 11.3 Å². The molecule has 0 bridgehead atoms. The molecule has 0 atom stereocenters. The highest BCUT2D eigenvalue weighted by atomic mass is 16.3. The SMILES string of the molecule is O=C(CCCn1nc(-c2ccccc2)ccc1=O)N1CCN(C(=O)c2ccco2)CC1. The van der Waals surface area contributed by atoms with Crippen LogP contribution < -0.4 is 5.56 Å². The van der Waals surface area contributed by atoms with E-state index < -0.39 is 0 Å². The number of furan rings is 1. The number of benzene rings is 1. The van der Waals surface area contributed by atoms with Crippen LogP contribution in [0.4, 0.5) is 0 Å². The van der Waals surface area contributed by atoms with Gasteiger partial charge in [-0.15, -0.1) is 0 Å². The van der Waals surface area contributed by atoms with Gasteiger partial charge in [0, 0.05) is 50.8 Å². The van der Waals surface area contributed by atoms with E-state index in [4.69, 9.17) is 4.42 Å². The molecule has 3 aromatic rings. The van der Waals surface area contributed by atoms with Crippen molar-refractivity contribution in [2.45, 2.75) is 19.4 Å². The van der Waals surface area contributed by atoms with Gasteiger partial charge in [-0.05, 0) is 24.6 Å². The molecule has 1 saturated heterocycles. The first-order valence-electron chi connectivity index (χ1n) is 10.4. The number of carbonyl (C=O) groups is 2. The molecule has 2 amide bonds. The van der Waals surface area contributed by atoms with E-state index in [0.29, 0.717) is 51.3 Å². The van der Waals surface area contributed by atoms with Crippen LogP contribution >= 0.6 is 0 Å². The zero-order valence-electron chi connectivity index (χ0n) is 17.1. The minimum absolute atomic E-state index is 0.0253. The van der Waals surface area contributed by atoms with Gasteiger partial charge in [0.25, 0.3) is 11.5 Å². The summed E-state index contributed by atoms with van der Waals surface area (Å²) in [6.45, 7) is 2.32. The molecule has 0 radical (unpaired) electrons. The Bertz CT molecular complexity index is 1080. The van der Waals surface area contributed by atoms with Crippen molar-refractivity contribution in [2.24, 2.45) is 0 Å². The number of aromatic nitrogens is 2. The van der Waals surface area contributed by atoms with Gasteiger partial charge in [-0.3, -0.25) is 14.4 Å². The molecule has 3 heterocycles. The number of carbonyl (C=O) groups excluding carboxylic acids is 2. The van der Waals surface area contributed by atoms with Crippen molar-refractivity contribution in [1.29, 1.82) is 0 Å². The molecule has 1 aliphatic rings. The van der Waals surface area contributed by atoms with Crippen molar-refractivity contribution in [3.63, 3.8) is 0 Å². The maximum atomic E-state index is 12.6. The number of rotatable bonds is 6. The van der Waals surface area contributed by atoms with Crippen molar-refractivity contribution in [3.8, 4) is 11.3 Å². The third-order valence-electron chi connectivity index (χ3n) is 5.35. The molecule has 160 valence electrons. The van der Waals surface area contributed by atoms with Crippen LogP contribution in [0.1, 0.15) is 23.4 Å². The highest BCUT2D eigenvalue weighted by molar-refractivity contribution is 5.91. The van der Waals surface area contributed by atoms with Crippen LogP contribution in [0.2, 0.25) is 0 Å². The third-order valence-corrected chi connectivity index (χ3v) is 5.35. The normalized spacial score (nSPS) is 13.9. The molecule has 1 aliphatic heterocycles. The van der Waals surface area contributed by atoms with E-state index in [0.717, 1.165) is 11.3 Å². The molecule has 8 heteroatoms. The Balaban J connectivity index is 1.27. The number of aryl methyl sites for hydroxylation is 1. The largest absolute Gasteiger partial charge is 0.459 e. The van der Waals surface area contributed by atoms with E-state index in [-0.39, 0.29) is 17.4 Å². The van der Waals surface area contributed by atoms with Gasteiger partial charge in [0.2, 0.25) is 5.91 Å². The lowest BCUT2D eigenvalue weighted by molar-refractivity contribution is -0.132. The first kappa shape index (κ1) is 20.6. The van der Waals surface area contributed by atoms with Crippen LogP contribution in [0.5, 0.6) is 0 Å². The van der Waals surface area contributed by atoms with Crippen LogP contribution in [0, 0.1) is 0 Å². The smallest absolute Gasteiger partial charge is 0.289 e. The summed E-state index contributed by atoms with van der Waals surface area (Å²) in [4.78, 5) is 40.5. The minimum atomic E-state index is -0.183. The molecule has 0 unspecified atom stereocenters. The summed E-state index contributed by atoms with van der Waals surface area (Å²) in [6.07, 6.45) is 2.33. The Morgan fingerprint density at radius 1 is 0.903 bits per heavy atom. The van der Waals surface area contributed by atoms with Gasteiger partial charge in [0.1, 0.15) is 0 Å². The Morgan fingerprint density at radius 3 is 2.35 bits per heavy atom. The van der Waals surface area contributed by atoms with Gasteiger partial charge in [0.15, 0.2) is 5.76 Å². The van der Waals surface area contributed by atoms with Crippen molar-refractivity contribution < 1.29 is 14.0 Å². The zero-order chi connectivity index (χ0) is 21.6. The van der Waals surface area contributed by atoms with Gasteiger partial charge in [0.05, 0.1) is 12.0 Å². The second-order valence-electron chi connectivity index (χ2n) is 7.40. The number of hydrogen-bond acceptors (Lipinski definition) is 5. The third kappa shape index (κ3) is 4.91. The average molecular weight is 420 g/mol. The lowest BCUT2D eigenvalue weighted by Crippen LogP contribution is -2.50. The molecule has 31 heavy (non-hydrogen) atoms. The lowest BCUT2D eigenvalue weighted by Gasteiger charge is -2.34. The van der Waals surface area contributed by atoms with Crippen LogP contribution in [0.15, 0.2) is 70.1 Å². The number of amides is 2. The van der Waals surface area contributed by atoms with Crippen molar-refractivity contribution in [2.75, 3.05) is 26.2 Å². The number of piperazine rings is 1. The zero-order valence-corrected chi connectivity index (χ0v) is 17.1. The predicted octanol–water partition coefficient (Wildman–Crippen LogP) is 2.27.